The standard InChI is InChI=1S/C20H20N6O3/c1-3-13(2)21-16(27)12-26-20(28)25-11-7-10-15(18(25)23-26)19-22-17(24-29-19)14-8-5-4-6-9-14/h4-11,13H,3,12H2,1-2H3,(H,21,27). The second kappa shape index (κ2) is 7.70. The third-order valence-electron chi connectivity index (χ3n) is 4.61. The summed E-state index contributed by atoms with van der Waals surface area (Å²) in [7, 11) is 0. The molecule has 3 heterocycles. The fourth-order valence-electron chi connectivity index (χ4n) is 2.90. The number of hydrogen-bond acceptors (Lipinski definition) is 6. The van der Waals surface area contributed by atoms with Crippen LogP contribution in [0.15, 0.2) is 58.0 Å². The number of nitrogens with one attached hydrogen (secondary N) is 1. The number of aromatic nitrogens is 5. The Hall–Kier alpha value is -3.75. The van der Waals surface area contributed by atoms with E-state index in [4.69, 9.17) is 4.52 Å². The van der Waals surface area contributed by atoms with E-state index < -0.39 is 5.69 Å². The van der Waals surface area contributed by atoms with Gasteiger partial charge in [-0.05, 0) is 25.5 Å². The van der Waals surface area contributed by atoms with Crippen LogP contribution in [0.4, 0.5) is 0 Å². The molecule has 0 saturated heterocycles. The Bertz CT molecular complexity index is 1210. The Balaban J connectivity index is 1.69. The number of hydrogen-bond donors (Lipinski definition) is 1. The van der Waals surface area contributed by atoms with Gasteiger partial charge < -0.3 is 9.84 Å². The molecule has 0 fully saturated rings. The van der Waals surface area contributed by atoms with Crippen LogP contribution in [0.3, 0.4) is 0 Å². The van der Waals surface area contributed by atoms with Crippen molar-refractivity contribution in [2.45, 2.75) is 32.9 Å². The predicted octanol–water partition coefficient (Wildman–Crippen LogP) is 2.13. The van der Waals surface area contributed by atoms with Crippen LogP contribution in [0, 0.1) is 0 Å². The highest BCUT2D eigenvalue weighted by Crippen LogP contribution is 2.24. The fourth-order valence-corrected chi connectivity index (χ4v) is 2.90. The van der Waals surface area contributed by atoms with E-state index >= 15 is 0 Å². The molecule has 1 aromatic carbocycles. The highest BCUT2D eigenvalue weighted by molar-refractivity contribution is 5.76. The van der Waals surface area contributed by atoms with Gasteiger partial charge in [0.2, 0.25) is 11.7 Å². The van der Waals surface area contributed by atoms with E-state index in [0.29, 0.717) is 17.0 Å². The molecule has 0 bridgehead atoms. The first-order valence-electron chi connectivity index (χ1n) is 9.34. The van der Waals surface area contributed by atoms with E-state index in [2.05, 4.69) is 20.6 Å². The summed E-state index contributed by atoms with van der Waals surface area (Å²) in [5, 5.41) is 11.2. The molecule has 9 heteroatoms. The summed E-state index contributed by atoms with van der Waals surface area (Å²) >= 11 is 0. The normalized spacial score (nSPS) is 12.2. The van der Waals surface area contributed by atoms with E-state index in [-0.39, 0.29) is 24.4 Å². The number of benzene rings is 1. The zero-order valence-electron chi connectivity index (χ0n) is 16.1. The minimum Gasteiger partial charge on any atom is -0.352 e. The largest absolute Gasteiger partial charge is 0.352 e. The van der Waals surface area contributed by atoms with Crippen molar-refractivity contribution in [2.24, 2.45) is 0 Å². The summed E-state index contributed by atoms with van der Waals surface area (Å²) in [4.78, 5) is 29.2. The lowest BCUT2D eigenvalue weighted by Crippen LogP contribution is -2.37. The van der Waals surface area contributed by atoms with Gasteiger partial charge in [-0.2, -0.15) is 4.98 Å². The van der Waals surface area contributed by atoms with Crippen LogP contribution in [-0.4, -0.2) is 36.3 Å². The molecule has 9 nitrogen and oxygen atoms in total. The fraction of sp³-hybridized carbons (Fsp3) is 0.250. The van der Waals surface area contributed by atoms with Crippen LogP contribution < -0.4 is 11.0 Å². The van der Waals surface area contributed by atoms with E-state index in [1.165, 1.54) is 4.40 Å². The van der Waals surface area contributed by atoms with Crippen molar-refractivity contribution in [1.82, 2.24) is 29.6 Å². The maximum Gasteiger partial charge on any atom is 0.350 e. The van der Waals surface area contributed by atoms with Gasteiger partial charge in [-0.1, -0.05) is 42.4 Å². The Morgan fingerprint density at radius 1 is 1.21 bits per heavy atom. The molecule has 1 amide bonds. The minimum atomic E-state index is -0.413. The second-order valence-corrected chi connectivity index (χ2v) is 6.72. The average molecular weight is 392 g/mol. The van der Waals surface area contributed by atoms with Crippen molar-refractivity contribution in [2.75, 3.05) is 0 Å². The maximum absolute atomic E-state index is 12.6. The van der Waals surface area contributed by atoms with Crippen LogP contribution in [0.1, 0.15) is 20.3 Å². The molecule has 0 saturated carbocycles. The third kappa shape index (κ3) is 3.66. The molecule has 1 N–H and O–H groups in total. The van der Waals surface area contributed by atoms with Crippen LogP contribution in [0.2, 0.25) is 0 Å². The number of carbonyl (C=O) groups is 1. The van der Waals surface area contributed by atoms with Gasteiger partial charge in [-0.25, -0.2) is 13.9 Å². The molecule has 0 spiro atoms. The first-order chi connectivity index (χ1) is 14.1. The number of nitrogens with zero attached hydrogens (tertiary/aromatic N) is 5. The molecule has 4 rings (SSSR count). The zero-order valence-corrected chi connectivity index (χ0v) is 16.1. The smallest absolute Gasteiger partial charge is 0.350 e. The van der Waals surface area contributed by atoms with Crippen LogP contribution in [0.5, 0.6) is 0 Å². The van der Waals surface area contributed by atoms with Crippen LogP contribution in [-0.2, 0) is 11.3 Å². The van der Waals surface area contributed by atoms with Crippen LogP contribution in [0.25, 0.3) is 28.5 Å². The summed E-state index contributed by atoms with van der Waals surface area (Å²) in [6, 6.07) is 12.9. The lowest BCUT2D eigenvalue weighted by atomic mass is 10.2. The van der Waals surface area contributed by atoms with Gasteiger partial charge in [0.1, 0.15) is 6.54 Å². The lowest BCUT2D eigenvalue weighted by molar-refractivity contribution is -0.122. The van der Waals surface area contributed by atoms with Crippen LogP contribution >= 0.6 is 0 Å². The molecule has 0 aliphatic carbocycles. The van der Waals surface area contributed by atoms with Crippen molar-refractivity contribution in [1.29, 1.82) is 0 Å². The maximum atomic E-state index is 12.6. The molecular weight excluding hydrogens is 372 g/mol. The van der Waals surface area contributed by atoms with Gasteiger partial charge in [0.25, 0.3) is 5.89 Å². The molecule has 29 heavy (non-hydrogen) atoms. The zero-order chi connectivity index (χ0) is 20.4. The van der Waals surface area contributed by atoms with E-state index in [0.717, 1.165) is 16.7 Å². The Kier molecular flexibility index (Phi) is 4.94. The molecule has 3 aromatic heterocycles. The molecule has 4 aromatic rings. The lowest BCUT2D eigenvalue weighted by Gasteiger charge is -2.10. The first-order valence-corrected chi connectivity index (χ1v) is 9.34. The van der Waals surface area contributed by atoms with Gasteiger partial charge in [0, 0.05) is 17.8 Å². The van der Waals surface area contributed by atoms with E-state index in [1.54, 1.807) is 18.3 Å². The van der Waals surface area contributed by atoms with Gasteiger partial charge in [-0.15, -0.1) is 5.10 Å². The number of carbonyl (C=O) groups excluding carboxylic acids is 1. The van der Waals surface area contributed by atoms with Crippen molar-refractivity contribution in [3.8, 4) is 22.8 Å². The SMILES string of the molecule is CCC(C)NC(=O)Cn1nc2c(-c3nc(-c4ccccc4)no3)cccn2c1=O. The van der Waals surface area contributed by atoms with E-state index in [1.807, 2.05) is 44.2 Å². The van der Waals surface area contributed by atoms with Gasteiger partial charge in [0.15, 0.2) is 5.65 Å². The Morgan fingerprint density at radius 2 is 2.00 bits per heavy atom. The van der Waals surface area contributed by atoms with Crippen molar-refractivity contribution in [3.63, 3.8) is 0 Å². The van der Waals surface area contributed by atoms with Gasteiger partial charge in [0.05, 0.1) is 5.56 Å². The Morgan fingerprint density at radius 3 is 2.76 bits per heavy atom. The predicted molar refractivity (Wildman–Crippen MR) is 106 cm³/mol. The third-order valence-corrected chi connectivity index (χ3v) is 4.61. The molecular formula is C20H20N6O3. The summed E-state index contributed by atoms with van der Waals surface area (Å²) in [5.74, 6) is 0.420. The topological polar surface area (TPSA) is 107 Å². The molecule has 0 aliphatic rings. The van der Waals surface area contributed by atoms with Crippen molar-refractivity contribution in [3.05, 3.63) is 59.1 Å². The minimum absolute atomic E-state index is 0.0283. The molecule has 1 atom stereocenters. The molecule has 148 valence electrons. The Labute approximate surface area is 166 Å². The summed E-state index contributed by atoms with van der Waals surface area (Å²) in [6.45, 7) is 3.72. The molecule has 1 unspecified atom stereocenters. The van der Waals surface area contributed by atoms with Gasteiger partial charge >= 0.3 is 5.69 Å². The molecule has 0 aliphatic heterocycles. The molecule has 0 radical (unpaired) electrons. The number of fused-ring (bicyclic) bond motifs is 1. The van der Waals surface area contributed by atoms with Crippen molar-refractivity contribution >= 4 is 11.6 Å². The quantitative estimate of drug-likeness (QED) is 0.539. The monoisotopic (exact) mass is 392 g/mol. The second-order valence-electron chi connectivity index (χ2n) is 6.72. The average Bonchev–Trinajstić information content (AvgIpc) is 3.34. The summed E-state index contributed by atoms with van der Waals surface area (Å²) in [6.07, 6.45) is 2.39. The first kappa shape index (κ1) is 18.6. The highest BCUT2D eigenvalue weighted by Gasteiger charge is 2.18. The van der Waals surface area contributed by atoms with Crippen molar-refractivity contribution < 1.29 is 9.32 Å². The van der Waals surface area contributed by atoms with Gasteiger partial charge in [-0.3, -0.25) is 4.79 Å². The number of rotatable bonds is 6. The summed E-state index contributed by atoms with van der Waals surface area (Å²) < 4.78 is 7.89. The summed E-state index contributed by atoms with van der Waals surface area (Å²) in [5.41, 5.74) is 1.26. The highest BCUT2D eigenvalue weighted by atomic mass is 16.5. The van der Waals surface area contributed by atoms with E-state index in [9.17, 15) is 9.59 Å². The number of pyridine rings is 1. The number of amides is 1.